The van der Waals surface area contributed by atoms with Gasteiger partial charge in [0.2, 0.25) is 0 Å². The van der Waals surface area contributed by atoms with E-state index in [2.05, 4.69) is 17.0 Å². The fourth-order valence-electron chi connectivity index (χ4n) is 1.52. The zero-order chi connectivity index (χ0) is 12.1. The molecule has 4 heteroatoms. The Morgan fingerprint density at radius 2 is 2.12 bits per heavy atom. The zero-order valence-corrected chi connectivity index (χ0v) is 10.2. The Morgan fingerprint density at radius 3 is 2.82 bits per heavy atom. The van der Waals surface area contributed by atoms with E-state index in [4.69, 9.17) is 11.6 Å². The first kappa shape index (κ1) is 11.9. The third-order valence-corrected chi connectivity index (χ3v) is 2.44. The molecule has 0 saturated carbocycles. The summed E-state index contributed by atoms with van der Waals surface area (Å²) >= 11 is 5.67. The molecular formula is C13H14ClN3. The van der Waals surface area contributed by atoms with Crippen LogP contribution in [-0.4, -0.2) is 16.3 Å². The molecule has 0 fully saturated rings. The SMILES string of the molecule is C=C(Cl)CNCc1cnn(-c2ccccc2)c1. The quantitative estimate of drug-likeness (QED) is 0.881. The molecule has 0 saturated heterocycles. The first-order valence-electron chi connectivity index (χ1n) is 5.38. The van der Waals surface area contributed by atoms with E-state index in [-0.39, 0.29) is 0 Å². The highest BCUT2D eigenvalue weighted by Gasteiger charge is 2.00. The van der Waals surface area contributed by atoms with E-state index in [0.717, 1.165) is 17.8 Å². The third kappa shape index (κ3) is 3.44. The van der Waals surface area contributed by atoms with Crippen molar-refractivity contribution >= 4 is 11.6 Å². The summed E-state index contributed by atoms with van der Waals surface area (Å²) in [5.41, 5.74) is 2.17. The molecule has 17 heavy (non-hydrogen) atoms. The van der Waals surface area contributed by atoms with Gasteiger partial charge in [-0.15, -0.1) is 0 Å². The number of hydrogen-bond acceptors (Lipinski definition) is 2. The maximum absolute atomic E-state index is 5.67. The van der Waals surface area contributed by atoms with E-state index in [1.165, 1.54) is 0 Å². The summed E-state index contributed by atoms with van der Waals surface area (Å²) in [6.45, 7) is 4.97. The zero-order valence-electron chi connectivity index (χ0n) is 9.44. The second-order valence-electron chi connectivity index (χ2n) is 3.75. The van der Waals surface area contributed by atoms with Gasteiger partial charge in [0, 0.05) is 29.9 Å². The van der Waals surface area contributed by atoms with Gasteiger partial charge in [-0.25, -0.2) is 4.68 Å². The molecule has 1 aromatic carbocycles. The Balaban J connectivity index is 1.99. The van der Waals surface area contributed by atoms with Crippen LogP contribution < -0.4 is 5.32 Å². The van der Waals surface area contributed by atoms with Gasteiger partial charge >= 0.3 is 0 Å². The van der Waals surface area contributed by atoms with Gasteiger partial charge in [0.15, 0.2) is 0 Å². The fraction of sp³-hybridized carbons (Fsp3) is 0.154. The third-order valence-electron chi connectivity index (χ3n) is 2.30. The summed E-state index contributed by atoms with van der Waals surface area (Å²) in [6, 6.07) is 10.0. The first-order chi connectivity index (χ1) is 8.25. The van der Waals surface area contributed by atoms with Crippen LogP contribution in [0.4, 0.5) is 0 Å². The van der Waals surface area contributed by atoms with Crippen LogP contribution in [0.2, 0.25) is 0 Å². The minimum absolute atomic E-state index is 0.609. The van der Waals surface area contributed by atoms with Gasteiger partial charge in [-0.05, 0) is 12.1 Å². The molecule has 0 unspecified atom stereocenters. The predicted octanol–water partition coefficient (Wildman–Crippen LogP) is 2.71. The van der Waals surface area contributed by atoms with Crippen LogP contribution in [0.5, 0.6) is 0 Å². The van der Waals surface area contributed by atoms with Gasteiger partial charge < -0.3 is 5.32 Å². The lowest BCUT2D eigenvalue weighted by molar-refractivity contribution is 0.754. The number of hydrogen-bond donors (Lipinski definition) is 1. The summed E-state index contributed by atoms with van der Waals surface area (Å²) in [5, 5.41) is 8.10. The van der Waals surface area contributed by atoms with Crippen LogP contribution in [-0.2, 0) is 6.54 Å². The lowest BCUT2D eigenvalue weighted by Crippen LogP contribution is -2.13. The Kier molecular flexibility index (Phi) is 3.96. The van der Waals surface area contributed by atoms with E-state index in [9.17, 15) is 0 Å². The van der Waals surface area contributed by atoms with E-state index in [1.54, 1.807) is 0 Å². The highest BCUT2D eigenvalue weighted by atomic mass is 35.5. The predicted molar refractivity (Wildman–Crippen MR) is 70.3 cm³/mol. The molecule has 2 aromatic rings. The summed E-state index contributed by atoms with van der Waals surface area (Å²) in [6.07, 6.45) is 3.84. The number of benzene rings is 1. The molecule has 1 heterocycles. The molecule has 0 aliphatic rings. The van der Waals surface area contributed by atoms with Gasteiger partial charge in [-0.1, -0.05) is 36.4 Å². The number of nitrogens with one attached hydrogen (secondary N) is 1. The number of para-hydroxylation sites is 1. The van der Waals surface area contributed by atoms with Crippen LogP contribution in [0.1, 0.15) is 5.56 Å². The molecule has 88 valence electrons. The minimum atomic E-state index is 0.609. The Morgan fingerprint density at radius 1 is 1.35 bits per heavy atom. The van der Waals surface area contributed by atoms with Gasteiger partial charge in [0.05, 0.1) is 11.9 Å². The second-order valence-corrected chi connectivity index (χ2v) is 4.28. The van der Waals surface area contributed by atoms with E-state index >= 15 is 0 Å². The van der Waals surface area contributed by atoms with Gasteiger partial charge in [-0.3, -0.25) is 0 Å². The van der Waals surface area contributed by atoms with Crippen molar-refractivity contribution in [2.45, 2.75) is 6.54 Å². The van der Waals surface area contributed by atoms with E-state index in [1.807, 2.05) is 47.4 Å². The molecule has 0 aliphatic carbocycles. The molecule has 2 rings (SSSR count). The van der Waals surface area contributed by atoms with Crippen molar-refractivity contribution in [2.24, 2.45) is 0 Å². The van der Waals surface area contributed by atoms with E-state index in [0.29, 0.717) is 11.6 Å². The van der Waals surface area contributed by atoms with Crippen molar-refractivity contribution in [1.29, 1.82) is 0 Å². The minimum Gasteiger partial charge on any atom is -0.308 e. The molecule has 0 aliphatic heterocycles. The van der Waals surface area contributed by atoms with Crippen LogP contribution in [0, 0.1) is 0 Å². The molecule has 1 N–H and O–H groups in total. The first-order valence-corrected chi connectivity index (χ1v) is 5.76. The van der Waals surface area contributed by atoms with Crippen molar-refractivity contribution in [3.8, 4) is 5.69 Å². The standard InChI is InChI=1S/C13H14ClN3/c1-11(14)7-15-8-12-9-16-17(10-12)13-5-3-2-4-6-13/h2-6,9-10,15H,1,7-8H2. The van der Waals surface area contributed by atoms with Crippen molar-refractivity contribution < 1.29 is 0 Å². The molecular weight excluding hydrogens is 234 g/mol. The van der Waals surface area contributed by atoms with Crippen LogP contribution in [0.25, 0.3) is 5.69 Å². The molecule has 0 amide bonds. The van der Waals surface area contributed by atoms with Gasteiger partial charge in [0.1, 0.15) is 0 Å². The molecule has 3 nitrogen and oxygen atoms in total. The Bertz CT molecular complexity index is 490. The van der Waals surface area contributed by atoms with Crippen molar-refractivity contribution in [3.05, 3.63) is 59.9 Å². The van der Waals surface area contributed by atoms with Crippen LogP contribution in [0.15, 0.2) is 54.3 Å². The average molecular weight is 248 g/mol. The topological polar surface area (TPSA) is 29.9 Å². The van der Waals surface area contributed by atoms with Crippen molar-refractivity contribution in [2.75, 3.05) is 6.54 Å². The van der Waals surface area contributed by atoms with Crippen molar-refractivity contribution in [1.82, 2.24) is 15.1 Å². The largest absolute Gasteiger partial charge is 0.308 e. The number of aromatic nitrogens is 2. The molecule has 0 spiro atoms. The average Bonchev–Trinajstić information content (AvgIpc) is 2.78. The molecule has 1 aromatic heterocycles. The smallest absolute Gasteiger partial charge is 0.0645 e. The molecule has 0 bridgehead atoms. The van der Waals surface area contributed by atoms with Gasteiger partial charge in [-0.2, -0.15) is 5.10 Å². The number of halogens is 1. The molecule has 0 radical (unpaired) electrons. The van der Waals surface area contributed by atoms with Crippen LogP contribution >= 0.6 is 11.6 Å². The normalized spacial score (nSPS) is 10.4. The summed E-state index contributed by atoms with van der Waals surface area (Å²) in [5.74, 6) is 0. The Hall–Kier alpha value is -1.58. The summed E-state index contributed by atoms with van der Waals surface area (Å²) < 4.78 is 1.85. The number of nitrogens with zero attached hydrogens (tertiary/aromatic N) is 2. The maximum atomic E-state index is 5.67. The second kappa shape index (κ2) is 5.66. The van der Waals surface area contributed by atoms with Crippen LogP contribution in [0.3, 0.4) is 0 Å². The number of rotatable bonds is 5. The van der Waals surface area contributed by atoms with Crippen molar-refractivity contribution in [3.63, 3.8) is 0 Å². The lowest BCUT2D eigenvalue weighted by Gasteiger charge is -2.00. The highest BCUT2D eigenvalue weighted by molar-refractivity contribution is 6.29. The monoisotopic (exact) mass is 247 g/mol. The highest BCUT2D eigenvalue weighted by Crippen LogP contribution is 2.07. The fourth-order valence-corrected chi connectivity index (χ4v) is 1.61. The summed E-state index contributed by atoms with van der Waals surface area (Å²) in [7, 11) is 0. The summed E-state index contributed by atoms with van der Waals surface area (Å²) in [4.78, 5) is 0. The van der Waals surface area contributed by atoms with E-state index < -0.39 is 0 Å². The molecule has 0 atom stereocenters. The lowest BCUT2D eigenvalue weighted by atomic mass is 10.3. The Labute approximate surface area is 106 Å². The maximum Gasteiger partial charge on any atom is 0.0645 e. The van der Waals surface area contributed by atoms with Gasteiger partial charge in [0.25, 0.3) is 0 Å².